The fraction of sp³-hybridized carbons (Fsp3) is 0. The van der Waals surface area contributed by atoms with Crippen LogP contribution in [0.5, 0.6) is 0 Å². The Morgan fingerprint density at radius 3 is 2.07 bits per heavy atom. The number of rotatable bonds is 1. The number of nitrogen functional groups attached to an aromatic ring is 2. The molecule has 4 N–H and O–H groups in total. The van der Waals surface area contributed by atoms with E-state index in [-0.39, 0.29) is 5.69 Å². The predicted molar refractivity (Wildman–Crippen MR) is 60.7 cm³/mol. The van der Waals surface area contributed by atoms with Crippen molar-refractivity contribution in [1.29, 1.82) is 0 Å². The molecule has 0 amide bonds. The van der Waals surface area contributed by atoms with Gasteiger partial charge in [0.1, 0.15) is 0 Å². The molecule has 0 unspecified atom stereocenters. The van der Waals surface area contributed by atoms with E-state index in [9.17, 15) is 4.39 Å². The summed E-state index contributed by atoms with van der Waals surface area (Å²) in [6.45, 7) is 0. The molecule has 0 radical (unpaired) electrons. The van der Waals surface area contributed by atoms with Gasteiger partial charge in [0.2, 0.25) is 0 Å². The predicted octanol–water partition coefficient (Wildman–Crippen LogP) is 2.66. The van der Waals surface area contributed by atoms with Crippen LogP contribution in [0.4, 0.5) is 15.8 Å². The third-order valence-electron chi connectivity index (χ3n) is 2.28. The molecule has 0 heterocycles. The van der Waals surface area contributed by atoms with E-state index in [1.807, 2.05) is 12.1 Å². The Morgan fingerprint density at radius 1 is 0.733 bits per heavy atom. The average molecular weight is 202 g/mol. The molecule has 2 aromatic carbocycles. The van der Waals surface area contributed by atoms with Crippen LogP contribution in [0, 0.1) is 5.82 Å². The van der Waals surface area contributed by atoms with E-state index in [0.29, 0.717) is 16.8 Å². The highest BCUT2D eigenvalue weighted by atomic mass is 19.1. The van der Waals surface area contributed by atoms with Gasteiger partial charge in [-0.05, 0) is 12.1 Å². The van der Waals surface area contributed by atoms with Crippen LogP contribution in [0.2, 0.25) is 0 Å². The number of halogens is 1. The summed E-state index contributed by atoms with van der Waals surface area (Å²) in [7, 11) is 0. The minimum absolute atomic E-state index is 0.135. The van der Waals surface area contributed by atoms with Gasteiger partial charge in [0.15, 0.2) is 5.82 Å². The summed E-state index contributed by atoms with van der Waals surface area (Å²) in [5.41, 5.74) is 13.0. The Bertz CT molecular complexity index is 495. The molecule has 15 heavy (non-hydrogen) atoms. The van der Waals surface area contributed by atoms with Crippen molar-refractivity contribution in [3.8, 4) is 11.1 Å². The van der Waals surface area contributed by atoms with Crippen LogP contribution in [0.3, 0.4) is 0 Å². The molecule has 2 nitrogen and oxygen atoms in total. The minimum Gasteiger partial charge on any atom is -0.398 e. The maximum absolute atomic E-state index is 13.7. The van der Waals surface area contributed by atoms with Crippen molar-refractivity contribution in [3.63, 3.8) is 0 Å². The number of anilines is 2. The molecule has 0 atom stereocenters. The lowest BCUT2D eigenvalue weighted by Crippen LogP contribution is -1.95. The van der Waals surface area contributed by atoms with Gasteiger partial charge in [0.05, 0.1) is 5.69 Å². The van der Waals surface area contributed by atoms with Crippen LogP contribution in [0.25, 0.3) is 11.1 Å². The van der Waals surface area contributed by atoms with E-state index < -0.39 is 5.82 Å². The summed E-state index contributed by atoms with van der Waals surface area (Å²) in [5, 5.41) is 0. The molecule has 0 aliphatic rings. The van der Waals surface area contributed by atoms with Gasteiger partial charge in [-0.2, -0.15) is 0 Å². The number of hydrogen-bond donors (Lipinski definition) is 2. The molecular weight excluding hydrogens is 191 g/mol. The number of hydrogen-bond acceptors (Lipinski definition) is 2. The molecular formula is C12H11FN2. The minimum atomic E-state index is -0.421. The molecule has 2 aromatic rings. The highest BCUT2D eigenvalue weighted by Crippen LogP contribution is 2.29. The zero-order valence-electron chi connectivity index (χ0n) is 8.07. The van der Waals surface area contributed by atoms with E-state index in [0.717, 1.165) is 0 Å². The lowest BCUT2D eigenvalue weighted by Gasteiger charge is -2.07. The first kappa shape index (κ1) is 9.52. The lowest BCUT2D eigenvalue weighted by molar-refractivity contribution is 0.636. The highest BCUT2D eigenvalue weighted by molar-refractivity contribution is 5.78. The molecule has 76 valence electrons. The largest absolute Gasteiger partial charge is 0.398 e. The SMILES string of the molecule is Nc1ccccc1-c1cccc(N)c1F. The number of nitrogens with two attached hydrogens (primary N) is 2. The van der Waals surface area contributed by atoms with Crippen molar-refractivity contribution in [2.75, 3.05) is 11.5 Å². The van der Waals surface area contributed by atoms with E-state index in [1.54, 1.807) is 24.3 Å². The van der Waals surface area contributed by atoms with E-state index in [1.165, 1.54) is 6.07 Å². The second-order valence-corrected chi connectivity index (χ2v) is 3.30. The van der Waals surface area contributed by atoms with Crippen molar-refractivity contribution in [1.82, 2.24) is 0 Å². The summed E-state index contributed by atoms with van der Waals surface area (Å²) >= 11 is 0. The molecule has 3 heteroatoms. The van der Waals surface area contributed by atoms with E-state index in [2.05, 4.69) is 0 Å². The molecule has 0 aliphatic carbocycles. The zero-order valence-corrected chi connectivity index (χ0v) is 8.07. The molecule has 0 bridgehead atoms. The molecule has 0 saturated heterocycles. The van der Waals surface area contributed by atoms with Crippen LogP contribution in [0.15, 0.2) is 42.5 Å². The Hall–Kier alpha value is -2.03. The van der Waals surface area contributed by atoms with Gasteiger partial charge in [-0.1, -0.05) is 30.3 Å². The maximum Gasteiger partial charge on any atom is 0.153 e. The van der Waals surface area contributed by atoms with Gasteiger partial charge in [-0.15, -0.1) is 0 Å². The normalized spacial score (nSPS) is 10.2. The second kappa shape index (κ2) is 3.61. The number of para-hydroxylation sites is 1. The molecule has 0 saturated carbocycles. The summed E-state index contributed by atoms with van der Waals surface area (Å²) in [6, 6.07) is 12.0. The monoisotopic (exact) mass is 202 g/mol. The first-order valence-electron chi connectivity index (χ1n) is 4.59. The van der Waals surface area contributed by atoms with Crippen molar-refractivity contribution in [2.24, 2.45) is 0 Å². The van der Waals surface area contributed by atoms with Crippen LogP contribution in [-0.4, -0.2) is 0 Å². The molecule has 0 fully saturated rings. The van der Waals surface area contributed by atoms with Gasteiger partial charge in [0, 0.05) is 16.8 Å². The second-order valence-electron chi connectivity index (χ2n) is 3.30. The maximum atomic E-state index is 13.7. The average Bonchev–Trinajstić information content (AvgIpc) is 2.23. The van der Waals surface area contributed by atoms with Gasteiger partial charge in [0.25, 0.3) is 0 Å². The Labute approximate surface area is 87.3 Å². The third kappa shape index (κ3) is 1.64. The van der Waals surface area contributed by atoms with Crippen molar-refractivity contribution in [2.45, 2.75) is 0 Å². The standard InChI is InChI=1S/C12H11FN2/c13-12-9(5-3-7-11(12)15)8-4-1-2-6-10(8)14/h1-7H,14-15H2. The smallest absolute Gasteiger partial charge is 0.153 e. The van der Waals surface area contributed by atoms with Gasteiger partial charge < -0.3 is 11.5 Å². The Balaban J connectivity index is 2.65. The van der Waals surface area contributed by atoms with Gasteiger partial charge in [-0.3, -0.25) is 0 Å². The van der Waals surface area contributed by atoms with Crippen LogP contribution in [0.1, 0.15) is 0 Å². The van der Waals surface area contributed by atoms with Crippen LogP contribution in [-0.2, 0) is 0 Å². The van der Waals surface area contributed by atoms with E-state index >= 15 is 0 Å². The summed E-state index contributed by atoms with van der Waals surface area (Å²) in [4.78, 5) is 0. The van der Waals surface area contributed by atoms with Crippen molar-refractivity contribution in [3.05, 3.63) is 48.3 Å². The lowest BCUT2D eigenvalue weighted by atomic mass is 10.0. The fourth-order valence-corrected chi connectivity index (χ4v) is 1.50. The first-order chi connectivity index (χ1) is 7.20. The third-order valence-corrected chi connectivity index (χ3v) is 2.28. The Kier molecular flexibility index (Phi) is 2.29. The summed E-state index contributed by atoms with van der Waals surface area (Å²) < 4.78 is 13.7. The number of benzene rings is 2. The fourth-order valence-electron chi connectivity index (χ4n) is 1.50. The molecule has 0 aliphatic heterocycles. The highest BCUT2D eigenvalue weighted by Gasteiger charge is 2.09. The van der Waals surface area contributed by atoms with Gasteiger partial charge in [-0.25, -0.2) is 4.39 Å². The Morgan fingerprint density at radius 2 is 1.33 bits per heavy atom. The van der Waals surface area contributed by atoms with E-state index in [4.69, 9.17) is 11.5 Å². The van der Waals surface area contributed by atoms with Gasteiger partial charge >= 0.3 is 0 Å². The van der Waals surface area contributed by atoms with Crippen molar-refractivity contribution >= 4 is 11.4 Å². The molecule has 0 aromatic heterocycles. The molecule has 0 spiro atoms. The van der Waals surface area contributed by atoms with Crippen LogP contribution < -0.4 is 11.5 Å². The summed E-state index contributed by atoms with van der Waals surface area (Å²) in [5.74, 6) is -0.421. The quantitative estimate of drug-likeness (QED) is 0.698. The van der Waals surface area contributed by atoms with Crippen molar-refractivity contribution < 1.29 is 4.39 Å². The van der Waals surface area contributed by atoms with Crippen LogP contribution >= 0.6 is 0 Å². The summed E-state index contributed by atoms with van der Waals surface area (Å²) in [6.07, 6.45) is 0. The topological polar surface area (TPSA) is 52.0 Å². The zero-order chi connectivity index (χ0) is 10.8. The first-order valence-corrected chi connectivity index (χ1v) is 4.59. The molecule has 2 rings (SSSR count).